The molecule has 146 valence electrons. The lowest BCUT2D eigenvalue weighted by molar-refractivity contribution is 0.824. The zero-order valence-electron chi connectivity index (χ0n) is 16.2. The van der Waals surface area contributed by atoms with Crippen LogP contribution in [0.2, 0.25) is 0 Å². The zero-order chi connectivity index (χ0) is 20.5. The Kier molecular flexibility index (Phi) is 4.33. The summed E-state index contributed by atoms with van der Waals surface area (Å²) >= 11 is 0. The molecule has 0 amide bonds. The molecule has 0 saturated carbocycles. The number of pyridine rings is 1. The first-order valence-electron chi connectivity index (χ1n) is 9.51. The fourth-order valence-corrected chi connectivity index (χ4v) is 3.47. The molecule has 0 atom stereocenters. The van der Waals surface area contributed by atoms with Gasteiger partial charge < -0.3 is 5.32 Å². The number of rotatable bonds is 4. The van der Waals surface area contributed by atoms with Crippen LogP contribution in [-0.2, 0) is 0 Å². The van der Waals surface area contributed by atoms with Crippen LogP contribution in [0.5, 0.6) is 0 Å². The average Bonchev–Trinajstić information content (AvgIpc) is 3.28. The first-order valence-corrected chi connectivity index (χ1v) is 9.51. The Hall–Kier alpha value is -4.26. The largest absolute Gasteiger partial charge is 0.388 e. The van der Waals surface area contributed by atoms with Gasteiger partial charge in [-0.1, -0.05) is 24.3 Å². The molecule has 30 heavy (non-hydrogen) atoms. The normalized spacial score (nSPS) is 11.0. The molecule has 0 radical (unpaired) electrons. The Morgan fingerprint density at radius 1 is 0.933 bits per heavy atom. The van der Waals surface area contributed by atoms with Gasteiger partial charge in [-0.25, -0.2) is 9.36 Å². The Balaban J connectivity index is 1.68. The third kappa shape index (κ3) is 3.02. The third-order valence-corrected chi connectivity index (χ3v) is 4.95. The van der Waals surface area contributed by atoms with Gasteiger partial charge >= 0.3 is 0 Å². The first kappa shape index (κ1) is 17.8. The van der Waals surface area contributed by atoms with E-state index < -0.39 is 0 Å². The van der Waals surface area contributed by atoms with Crippen molar-refractivity contribution in [3.05, 3.63) is 95.5 Å². The maximum atomic E-state index is 12.7. The van der Waals surface area contributed by atoms with Gasteiger partial charge in [0.25, 0.3) is 0 Å². The summed E-state index contributed by atoms with van der Waals surface area (Å²) in [5, 5.41) is 13.2. The Morgan fingerprint density at radius 2 is 1.83 bits per heavy atom. The van der Waals surface area contributed by atoms with Crippen molar-refractivity contribution in [2.24, 2.45) is 0 Å². The van der Waals surface area contributed by atoms with Crippen molar-refractivity contribution < 1.29 is 0 Å². The van der Waals surface area contributed by atoms with E-state index >= 15 is 0 Å². The summed E-state index contributed by atoms with van der Waals surface area (Å²) in [5.74, 6) is 0. The number of hydrogen-bond acceptors (Lipinski definition) is 5. The summed E-state index contributed by atoms with van der Waals surface area (Å²) in [6.45, 7) is 0. The van der Waals surface area contributed by atoms with Crippen LogP contribution in [0, 0.1) is 0 Å². The summed E-state index contributed by atoms with van der Waals surface area (Å²) in [5.41, 5.74) is 4.29. The second kappa shape index (κ2) is 7.29. The number of nitrogens with zero attached hydrogens (tertiary/aromatic N) is 5. The Morgan fingerprint density at radius 3 is 2.73 bits per heavy atom. The molecule has 0 spiro atoms. The summed E-state index contributed by atoms with van der Waals surface area (Å²) in [6, 6.07) is 20.9. The average molecular weight is 394 g/mol. The molecule has 0 aliphatic rings. The molecule has 7 nitrogen and oxygen atoms in total. The monoisotopic (exact) mass is 394 g/mol. The molecule has 3 heterocycles. The predicted octanol–water partition coefficient (Wildman–Crippen LogP) is 3.68. The molecule has 0 fully saturated rings. The van der Waals surface area contributed by atoms with E-state index in [1.165, 1.54) is 6.07 Å². The quantitative estimate of drug-likeness (QED) is 0.503. The van der Waals surface area contributed by atoms with Crippen LogP contribution in [0.15, 0.2) is 90.1 Å². The number of benzene rings is 2. The predicted molar refractivity (Wildman–Crippen MR) is 117 cm³/mol. The minimum absolute atomic E-state index is 0.170. The molecular formula is C23H18N6O. The zero-order valence-corrected chi connectivity index (χ0v) is 16.2. The minimum Gasteiger partial charge on any atom is -0.388 e. The van der Waals surface area contributed by atoms with E-state index in [2.05, 4.69) is 20.5 Å². The fraction of sp³-hybridized carbons (Fsp3) is 0.0435. The van der Waals surface area contributed by atoms with E-state index in [9.17, 15) is 4.79 Å². The van der Waals surface area contributed by atoms with Gasteiger partial charge in [-0.15, -0.1) is 0 Å². The Labute approximate surface area is 172 Å². The standard InChI is InChI=1S/C23H18N6O/c1-24-16-5-4-6-17(15-16)28-14-11-22(30)23(27-28)21-10-13-26-29(21)20-9-12-25-19-8-3-2-7-18(19)20/h2-15,24H,1H3. The first-order chi connectivity index (χ1) is 14.7. The van der Waals surface area contributed by atoms with E-state index in [0.717, 1.165) is 28.0 Å². The summed E-state index contributed by atoms with van der Waals surface area (Å²) in [7, 11) is 1.86. The molecule has 2 aromatic carbocycles. The van der Waals surface area contributed by atoms with Gasteiger partial charge in [0.05, 0.1) is 28.8 Å². The molecule has 7 heteroatoms. The van der Waals surface area contributed by atoms with Crippen LogP contribution >= 0.6 is 0 Å². The highest BCUT2D eigenvalue weighted by molar-refractivity contribution is 5.87. The number of para-hydroxylation sites is 1. The summed E-state index contributed by atoms with van der Waals surface area (Å²) in [4.78, 5) is 17.1. The van der Waals surface area contributed by atoms with Gasteiger partial charge in [0.1, 0.15) is 0 Å². The van der Waals surface area contributed by atoms with Crippen molar-refractivity contribution in [2.75, 3.05) is 12.4 Å². The van der Waals surface area contributed by atoms with Crippen molar-refractivity contribution in [2.45, 2.75) is 0 Å². The number of hydrogen-bond donors (Lipinski definition) is 1. The molecule has 5 aromatic rings. The second-order valence-corrected chi connectivity index (χ2v) is 6.75. The molecule has 0 aliphatic carbocycles. The molecule has 0 aliphatic heterocycles. The lowest BCUT2D eigenvalue weighted by atomic mass is 10.2. The topological polar surface area (TPSA) is 77.6 Å². The molecule has 0 saturated heterocycles. The van der Waals surface area contributed by atoms with Crippen LogP contribution in [0.3, 0.4) is 0 Å². The van der Waals surface area contributed by atoms with Crippen molar-refractivity contribution in [3.8, 4) is 22.8 Å². The number of anilines is 1. The molecular weight excluding hydrogens is 376 g/mol. The van der Waals surface area contributed by atoms with Gasteiger partial charge in [-0.2, -0.15) is 10.2 Å². The Bertz CT molecular complexity index is 1410. The third-order valence-electron chi connectivity index (χ3n) is 4.95. The van der Waals surface area contributed by atoms with E-state index in [-0.39, 0.29) is 5.43 Å². The van der Waals surface area contributed by atoms with Crippen molar-refractivity contribution in [1.29, 1.82) is 0 Å². The maximum absolute atomic E-state index is 12.7. The number of fused-ring (bicyclic) bond motifs is 1. The van der Waals surface area contributed by atoms with Gasteiger partial charge in [0, 0.05) is 36.6 Å². The maximum Gasteiger partial charge on any atom is 0.209 e. The van der Waals surface area contributed by atoms with E-state index in [4.69, 9.17) is 0 Å². The number of nitrogens with one attached hydrogen (secondary N) is 1. The lowest BCUT2D eigenvalue weighted by Gasteiger charge is -2.12. The van der Waals surface area contributed by atoms with Crippen LogP contribution in [0.4, 0.5) is 5.69 Å². The van der Waals surface area contributed by atoms with Crippen LogP contribution in [0.25, 0.3) is 33.7 Å². The number of aromatic nitrogens is 5. The molecule has 0 bridgehead atoms. The van der Waals surface area contributed by atoms with Crippen molar-refractivity contribution in [3.63, 3.8) is 0 Å². The minimum atomic E-state index is -0.170. The van der Waals surface area contributed by atoms with Gasteiger partial charge in [-0.3, -0.25) is 9.78 Å². The summed E-state index contributed by atoms with van der Waals surface area (Å²) in [6.07, 6.45) is 5.08. The van der Waals surface area contributed by atoms with Gasteiger partial charge in [0.15, 0.2) is 5.69 Å². The van der Waals surface area contributed by atoms with E-state index in [1.54, 1.807) is 34.0 Å². The van der Waals surface area contributed by atoms with Gasteiger partial charge in [0.2, 0.25) is 5.43 Å². The highest BCUT2D eigenvalue weighted by Crippen LogP contribution is 2.24. The molecule has 3 aromatic heterocycles. The van der Waals surface area contributed by atoms with Crippen LogP contribution in [0.1, 0.15) is 0 Å². The van der Waals surface area contributed by atoms with Crippen LogP contribution in [-0.4, -0.2) is 31.6 Å². The van der Waals surface area contributed by atoms with E-state index in [0.29, 0.717) is 11.4 Å². The fourth-order valence-electron chi connectivity index (χ4n) is 3.47. The second-order valence-electron chi connectivity index (χ2n) is 6.75. The summed E-state index contributed by atoms with van der Waals surface area (Å²) < 4.78 is 3.43. The highest BCUT2D eigenvalue weighted by atomic mass is 16.1. The van der Waals surface area contributed by atoms with Crippen LogP contribution < -0.4 is 10.7 Å². The van der Waals surface area contributed by atoms with E-state index in [1.807, 2.05) is 61.6 Å². The van der Waals surface area contributed by atoms with Gasteiger partial charge in [-0.05, 0) is 36.4 Å². The molecule has 5 rings (SSSR count). The molecule has 1 N–H and O–H groups in total. The molecule has 0 unspecified atom stereocenters. The highest BCUT2D eigenvalue weighted by Gasteiger charge is 2.15. The smallest absolute Gasteiger partial charge is 0.209 e. The van der Waals surface area contributed by atoms with Crippen molar-refractivity contribution >= 4 is 16.6 Å². The SMILES string of the molecule is CNc1cccc(-n2ccc(=O)c(-c3ccnn3-c3ccnc4ccccc34)n2)c1. The van der Waals surface area contributed by atoms with Crippen molar-refractivity contribution in [1.82, 2.24) is 24.5 Å². The lowest BCUT2D eigenvalue weighted by Crippen LogP contribution is -2.15.